The molecule has 0 bridgehead atoms. The van der Waals surface area contributed by atoms with Gasteiger partial charge in [0.05, 0.1) is 11.9 Å². The Bertz CT molecular complexity index is 455. The van der Waals surface area contributed by atoms with E-state index in [1.54, 1.807) is 7.11 Å². The van der Waals surface area contributed by atoms with Crippen molar-refractivity contribution in [1.29, 1.82) is 0 Å². The van der Waals surface area contributed by atoms with Crippen LogP contribution in [0.15, 0.2) is 24.3 Å². The molecular formula is C16H20Br2O3. The van der Waals surface area contributed by atoms with Crippen LogP contribution in [0.5, 0.6) is 5.75 Å². The molecular weight excluding hydrogens is 400 g/mol. The molecule has 0 amide bonds. The van der Waals surface area contributed by atoms with Gasteiger partial charge in [-0.1, -0.05) is 50.4 Å². The monoisotopic (exact) mass is 418 g/mol. The lowest BCUT2D eigenvalue weighted by Gasteiger charge is -2.24. The van der Waals surface area contributed by atoms with E-state index in [1.165, 1.54) is 6.42 Å². The third kappa shape index (κ3) is 4.71. The number of ether oxygens (including phenoxy) is 2. The van der Waals surface area contributed by atoms with Gasteiger partial charge in [0.25, 0.3) is 0 Å². The number of halogens is 2. The van der Waals surface area contributed by atoms with Crippen molar-refractivity contribution in [2.75, 3.05) is 7.11 Å². The van der Waals surface area contributed by atoms with Crippen molar-refractivity contribution in [1.82, 2.24) is 0 Å². The molecule has 0 heterocycles. The molecule has 5 heteroatoms. The molecule has 2 atom stereocenters. The number of esters is 1. The lowest BCUT2D eigenvalue weighted by atomic mass is 9.98. The Morgan fingerprint density at radius 3 is 2.33 bits per heavy atom. The second kappa shape index (κ2) is 8.18. The van der Waals surface area contributed by atoms with Crippen molar-refractivity contribution in [3.63, 3.8) is 0 Å². The molecule has 0 saturated heterocycles. The second-order valence-electron chi connectivity index (χ2n) is 5.27. The third-order valence-electron chi connectivity index (χ3n) is 3.75. The zero-order chi connectivity index (χ0) is 15.2. The van der Waals surface area contributed by atoms with Crippen LogP contribution in [0.4, 0.5) is 0 Å². The molecule has 1 aliphatic rings. The van der Waals surface area contributed by atoms with Gasteiger partial charge in [-0.05, 0) is 43.4 Å². The average Bonchev–Trinajstić information content (AvgIpc) is 2.54. The van der Waals surface area contributed by atoms with Gasteiger partial charge in [-0.15, -0.1) is 0 Å². The van der Waals surface area contributed by atoms with E-state index in [0.29, 0.717) is 0 Å². The SMILES string of the molecule is COc1ccc(C(Br)C(Br)C(=O)OC2CCCCC2)cc1. The first kappa shape index (κ1) is 16.8. The zero-order valence-electron chi connectivity index (χ0n) is 12.1. The fourth-order valence-corrected chi connectivity index (χ4v) is 3.42. The molecule has 0 N–H and O–H groups in total. The van der Waals surface area contributed by atoms with E-state index in [4.69, 9.17) is 9.47 Å². The van der Waals surface area contributed by atoms with Crippen LogP contribution < -0.4 is 4.74 Å². The molecule has 2 rings (SSSR count). The van der Waals surface area contributed by atoms with Crippen LogP contribution >= 0.6 is 31.9 Å². The third-order valence-corrected chi connectivity index (χ3v) is 6.42. The lowest BCUT2D eigenvalue weighted by Crippen LogP contribution is -2.28. The van der Waals surface area contributed by atoms with Gasteiger partial charge in [-0.25, -0.2) is 0 Å². The van der Waals surface area contributed by atoms with Gasteiger partial charge in [-0.3, -0.25) is 4.79 Å². The number of hydrogen-bond acceptors (Lipinski definition) is 3. The number of benzene rings is 1. The summed E-state index contributed by atoms with van der Waals surface area (Å²) in [6.45, 7) is 0. The Morgan fingerprint density at radius 1 is 1.14 bits per heavy atom. The Labute approximate surface area is 142 Å². The van der Waals surface area contributed by atoms with Gasteiger partial charge in [0, 0.05) is 0 Å². The fourth-order valence-electron chi connectivity index (χ4n) is 2.49. The number of carbonyl (C=O) groups is 1. The van der Waals surface area contributed by atoms with E-state index in [9.17, 15) is 4.79 Å². The fraction of sp³-hybridized carbons (Fsp3) is 0.562. The highest BCUT2D eigenvalue weighted by Crippen LogP contribution is 2.33. The molecule has 3 nitrogen and oxygen atoms in total. The van der Waals surface area contributed by atoms with Crippen molar-refractivity contribution in [2.24, 2.45) is 0 Å². The molecule has 1 aromatic carbocycles. The molecule has 116 valence electrons. The summed E-state index contributed by atoms with van der Waals surface area (Å²) >= 11 is 7.03. The Hall–Kier alpha value is -0.550. The maximum Gasteiger partial charge on any atom is 0.321 e. The minimum Gasteiger partial charge on any atom is -0.497 e. The number of methoxy groups -OCH3 is 1. The zero-order valence-corrected chi connectivity index (χ0v) is 15.2. The highest BCUT2D eigenvalue weighted by Gasteiger charge is 2.29. The molecule has 1 saturated carbocycles. The molecule has 0 spiro atoms. The van der Waals surface area contributed by atoms with Crippen LogP contribution in [0.2, 0.25) is 0 Å². The summed E-state index contributed by atoms with van der Waals surface area (Å²) in [6.07, 6.45) is 5.62. The van der Waals surface area contributed by atoms with E-state index in [2.05, 4.69) is 31.9 Å². The second-order valence-corrected chi connectivity index (χ2v) is 7.25. The van der Waals surface area contributed by atoms with Crippen LogP contribution in [0, 0.1) is 0 Å². The topological polar surface area (TPSA) is 35.5 Å². The normalized spacial score (nSPS) is 18.8. The summed E-state index contributed by atoms with van der Waals surface area (Å²) < 4.78 is 10.7. The molecule has 1 fully saturated rings. The average molecular weight is 420 g/mol. The molecule has 0 aromatic heterocycles. The molecule has 1 aliphatic carbocycles. The van der Waals surface area contributed by atoms with Crippen LogP contribution in [-0.4, -0.2) is 24.0 Å². The largest absolute Gasteiger partial charge is 0.497 e. The van der Waals surface area contributed by atoms with Crippen LogP contribution in [0.25, 0.3) is 0 Å². The van der Waals surface area contributed by atoms with E-state index in [-0.39, 0.29) is 16.9 Å². The molecule has 0 radical (unpaired) electrons. The Kier molecular flexibility index (Phi) is 6.55. The first-order valence-corrected chi connectivity index (χ1v) is 9.07. The van der Waals surface area contributed by atoms with Crippen molar-refractivity contribution >= 4 is 37.8 Å². The molecule has 2 unspecified atom stereocenters. The Balaban J connectivity index is 1.93. The van der Waals surface area contributed by atoms with Crippen molar-refractivity contribution < 1.29 is 14.3 Å². The van der Waals surface area contributed by atoms with Gasteiger partial charge >= 0.3 is 5.97 Å². The first-order chi connectivity index (χ1) is 10.1. The van der Waals surface area contributed by atoms with Gasteiger partial charge in [0.2, 0.25) is 0 Å². The highest BCUT2D eigenvalue weighted by atomic mass is 79.9. The standard InChI is InChI=1S/C16H20Br2O3/c1-20-12-9-7-11(8-10-12)14(17)15(18)16(19)21-13-5-3-2-4-6-13/h7-10,13-15H,2-6H2,1H3. The summed E-state index contributed by atoms with van der Waals surface area (Å²) in [6, 6.07) is 7.66. The van der Waals surface area contributed by atoms with Gasteiger partial charge in [0.1, 0.15) is 16.7 Å². The van der Waals surface area contributed by atoms with Gasteiger partial charge < -0.3 is 9.47 Å². The maximum absolute atomic E-state index is 12.2. The molecule has 1 aromatic rings. The number of hydrogen-bond donors (Lipinski definition) is 0. The summed E-state index contributed by atoms with van der Waals surface area (Å²) in [7, 11) is 1.63. The maximum atomic E-state index is 12.2. The van der Waals surface area contributed by atoms with Crippen LogP contribution in [0.1, 0.15) is 42.5 Å². The van der Waals surface area contributed by atoms with E-state index < -0.39 is 4.83 Å². The quantitative estimate of drug-likeness (QED) is 0.509. The number of rotatable bonds is 5. The summed E-state index contributed by atoms with van der Waals surface area (Å²) in [4.78, 5) is 11.7. The van der Waals surface area contributed by atoms with E-state index >= 15 is 0 Å². The minimum atomic E-state index is -0.396. The van der Waals surface area contributed by atoms with Crippen LogP contribution in [-0.2, 0) is 9.53 Å². The number of alkyl halides is 2. The predicted octanol–water partition coefficient (Wildman–Crippen LogP) is 4.77. The summed E-state index contributed by atoms with van der Waals surface area (Å²) in [5.41, 5.74) is 1.01. The smallest absolute Gasteiger partial charge is 0.321 e. The Morgan fingerprint density at radius 2 is 1.76 bits per heavy atom. The van der Waals surface area contributed by atoms with Crippen molar-refractivity contribution in [3.05, 3.63) is 29.8 Å². The predicted molar refractivity (Wildman–Crippen MR) is 90.3 cm³/mol. The highest BCUT2D eigenvalue weighted by molar-refractivity contribution is 9.12. The summed E-state index contributed by atoms with van der Waals surface area (Å²) in [5, 5.41) is 0. The molecule has 21 heavy (non-hydrogen) atoms. The van der Waals surface area contributed by atoms with E-state index in [1.807, 2.05) is 24.3 Å². The van der Waals surface area contributed by atoms with E-state index in [0.717, 1.165) is 37.0 Å². The minimum absolute atomic E-state index is 0.0851. The van der Waals surface area contributed by atoms with Gasteiger partial charge in [0.15, 0.2) is 0 Å². The summed E-state index contributed by atoms with van der Waals surface area (Å²) in [5.74, 6) is 0.606. The first-order valence-electron chi connectivity index (χ1n) is 7.24. The van der Waals surface area contributed by atoms with Crippen LogP contribution in [0.3, 0.4) is 0 Å². The lowest BCUT2D eigenvalue weighted by molar-refractivity contribution is -0.149. The molecule has 0 aliphatic heterocycles. The number of carbonyl (C=O) groups excluding carboxylic acids is 1. The van der Waals surface area contributed by atoms with Gasteiger partial charge in [-0.2, -0.15) is 0 Å². The van der Waals surface area contributed by atoms with Crippen molar-refractivity contribution in [2.45, 2.75) is 47.9 Å². The van der Waals surface area contributed by atoms with Crippen molar-refractivity contribution in [3.8, 4) is 5.75 Å².